The molecule has 1 fully saturated rings. The molecular formula is C7H12N4O. The average Bonchev–Trinajstić information content (AvgIpc) is 2.31. The van der Waals surface area contributed by atoms with Gasteiger partial charge in [-0.05, 0) is 0 Å². The number of hydrogen-bond acceptors (Lipinski definition) is 5. The molecule has 1 aromatic heterocycles. The van der Waals surface area contributed by atoms with E-state index >= 15 is 0 Å². The number of anilines is 1. The van der Waals surface area contributed by atoms with Gasteiger partial charge in [-0.25, -0.2) is 0 Å². The molecule has 0 amide bonds. The minimum absolute atomic E-state index is 0.504. The lowest BCUT2D eigenvalue weighted by Gasteiger charge is -2.34. The minimum atomic E-state index is 0.504. The molecule has 0 unspecified atom stereocenters. The maximum absolute atomic E-state index is 5.28. The molecule has 1 aromatic rings. The van der Waals surface area contributed by atoms with Gasteiger partial charge in [-0.1, -0.05) is 5.10 Å². The van der Waals surface area contributed by atoms with Crippen LogP contribution in [0.15, 0.2) is 4.42 Å². The van der Waals surface area contributed by atoms with Crippen molar-refractivity contribution in [2.45, 2.75) is 13.0 Å². The van der Waals surface area contributed by atoms with Crippen molar-refractivity contribution in [3.8, 4) is 0 Å². The molecule has 0 saturated carbocycles. The van der Waals surface area contributed by atoms with Crippen molar-refractivity contribution >= 4 is 6.01 Å². The van der Waals surface area contributed by atoms with Crippen LogP contribution in [0.4, 0.5) is 6.01 Å². The van der Waals surface area contributed by atoms with Crippen LogP contribution in [0.2, 0.25) is 0 Å². The van der Waals surface area contributed by atoms with Crippen molar-refractivity contribution in [1.29, 1.82) is 0 Å². The third kappa shape index (κ3) is 1.16. The van der Waals surface area contributed by atoms with E-state index in [1.807, 2.05) is 11.9 Å². The van der Waals surface area contributed by atoms with Crippen molar-refractivity contribution in [2.24, 2.45) is 0 Å². The number of nitrogens with zero attached hydrogens (tertiary/aromatic N) is 3. The fourth-order valence-electron chi connectivity index (χ4n) is 1.13. The van der Waals surface area contributed by atoms with Crippen molar-refractivity contribution in [2.75, 3.05) is 25.0 Å². The first kappa shape index (κ1) is 7.54. The van der Waals surface area contributed by atoms with Crippen LogP contribution >= 0.6 is 0 Å². The number of rotatable bonds is 2. The molecule has 12 heavy (non-hydrogen) atoms. The molecule has 0 atom stereocenters. The summed E-state index contributed by atoms with van der Waals surface area (Å²) in [5, 5.41) is 10.9. The fourth-order valence-corrected chi connectivity index (χ4v) is 1.13. The summed E-state index contributed by atoms with van der Waals surface area (Å²) in [5.74, 6) is 0.615. The molecule has 0 aromatic carbocycles. The lowest BCUT2D eigenvalue weighted by atomic mass is 10.2. The van der Waals surface area contributed by atoms with Crippen molar-refractivity contribution in [3.63, 3.8) is 0 Å². The smallest absolute Gasteiger partial charge is 0.318 e. The highest BCUT2D eigenvalue weighted by atomic mass is 16.4. The summed E-state index contributed by atoms with van der Waals surface area (Å²) in [7, 11) is 1.97. The highest BCUT2D eigenvalue weighted by Gasteiger charge is 2.24. The Morgan fingerprint density at radius 1 is 1.50 bits per heavy atom. The van der Waals surface area contributed by atoms with Crippen LogP contribution in [-0.2, 0) is 0 Å². The van der Waals surface area contributed by atoms with Gasteiger partial charge in [0, 0.05) is 27.1 Å². The van der Waals surface area contributed by atoms with Gasteiger partial charge in [-0.2, -0.15) is 0 Å². The number of aromatic nitrogens is 2. The van der Waals surface area contributed by atoms with Gasteiger partial charge in [0.05, 0.1) is 6.04 Å². The molecule has 1 aliphatic rings. The zero-order valence-electron chi connectivity index (χ0n) is 7.24. The summed E-state index contributed by atoms with van der Waals surface area (Å²) in [6.45, 7) is 3.79. The third-order valence-electron chi connectivity index (χ3n) is 2.12. The summed E-state index contributed by atoms with van der Waals surface area (Å²) in [4.78, 5) is 2.01. The van der Waals surface area contributed by atoms with Crippen LogP contribution in [0.1, 0.15) is 5.89 Å². The molecule has 2 rings (SSSR count). The minimum Gasteiger partial charge on any atom is -0.408 e. The third-order valence-corrected chi connectivity index (χ3v) is 2.12. The van der Waals surface area contributed by atoms with Crippen LogP contribution in [0.3, 0.4) is 0 Å². The van der Waals surface area contributed by atoms with E-state index in [9.17, 15) is 0 Å². The summed E-state index contributed by atoms with van der Waals surface area (Å²) >= 11 is 0. The monoisotopic (exact) mass is 168 g/mol. The van der Waals surface area contributed by atoms with Gasteiger partial charge in [0.2, 0.25) is 5.89 Å². The lowest BCUT2D eigenvalue weighted by molar-refractivity contribution is 0.399. The molecule has 1 N–H and O–H groups in total. The average molecular weight is 168 g/mol. The predicted octanol–water partition coefficient (Wildman–Crippen LogP) is -0.214. The fraction of sp³-hybridized carbons (Fsp3) is 0.714. The van der Waals surface area contributed by atoms with Gasteiger partial charge in [0.1, 0.15) is 0 Å². The van der Waals surface area contributed by atoms with E-state index in [0.717, 1.165) is 13.1 Å². The zero-order valence-corrected chi connectivity index (χ0v) is 7.24. The Hall–Kier alpha value is -1.10. The molecule has 2 heterocycles. The Morgan fingerprint density at radius 3 is 2.67 bits per heavy atom. The van der Waals surface area contributed by atoms with E-state index in [4.69, 9.17) is 4.42 Å². The summed E-state index contributed by atoms with van der Waals surface area (Å²) in [5.41, 5.74) is 0. The summed E-state index contributed by atoms with van der Waals surface area (Å²) < 4.78 is 5.28. The Morgan fingerprint density at radius 2 is 2.25 bits per heavy atom. The molecule has 0 spiro atoms. The first-order valence-electron chi connectivity index (χ1n) is 4.01. The Balaban J connectivity index is 2.08. The molecular weight excluding hydrogens is 156 g/mol. The SMILES string of the molecule is Cc1nnc(N(C)C2CNC2)o1. The van der Waals surface area contributed by atoms with Gasteiger partial charge < -0.3 is 14.6 Å². The van der Waals surface area contributed by atoms with Gasteiger partial charge in [0.15, 0.2) is 0 Å². The number of nitrogens with one attached hydrogen (secondary N) is 1. The summed E-state index contributed by atoms with van der Waals surface area (Å²) in [6.07, 6.45) is 0. The Kier molecular flexibility index (Phi) is 1.73. The predicted molar refractivity (Wildman–Crippen MR) is 44.1 cm³/mol. The zero-order chi connectivity index (χ0) is 8.55. The van der Waals surface area contributed by atoms with Gasteiger partial charge in [-0.15, -0.1) is 5.10 Å². The molecule has 5 nitrogen and oxygen atoms in total. The maximum atomic E-state index is 5.28. The van der Waals surface area contributed by atoms with E-state index in [2.05, 4.69) is 15.5 Å². The van der Waals surface area contributed by atoms with Crippen molar-refractivity contribution in [3.05, 3.63) is 5.89 Å². The second-order valence-corrected chi connectivity index (χ2v) is 3.03. The largest absolute Gasteiger partial charge is 0.408 e. The van der Waals surface area contributed by atoms with E-state index in [1.54, 1.807) is 6.92 Å². The highest BCUT2D eigenvalue weighted by molar-refractivity contribution is 5.26. The quantitative estimate of drug-likeness (QED) is 0.662. The van der Waals surface area contributed by atoms with E-state index in [0.29, 0.717) is 17.9 Å². The molecule has 1 aliphatic heterocycles. The van der Waals surface area contributed by atoms with Gasteiger partial charge >= 0.3 is 6.01 Å². The van der Waals surface area contributed by atoms with Crippen molar-refractivity contribution < 1.29 is 4.42 Å². The first-order chi connectivity index (χ1) is 5.77. The Bertz CT molecular complexity index is 268. The van der Waals surface area contributed by atoms with Crippen LogP contribution in [-0.4, -0.2) is 36.4 Å². The lowest BCUT2D eigenvalue weighted by Crippen LogP contribution is -2.56. The first-order valence-corrected chi connectivity index (χ1v) is 4.01. The maximum Gasteiger partial charge on any atom is 0.318 e. The highest BCUT2D eigenvalue weighted by Crippen LogP contribution is 2.14. The molecule has 0 bridgehead atoms. The van der Waals surface area contributed by atoms with Gasteiger partial charge in [-0.3, -0.25) is 0 Å². The molecule has 0 aliphatic carbocycles. The van der Waals surface area contributed by atoms with E-state index in [1.165, 1.54) is 0 Å². The second kappa shape index (κ2) is 2.75. The van der Waals surface area contributed by atoms with E-state index in [-0.39, 0.29) is 0 Å². The van der Waals surface area contributed by atoms with E-state index < -0.39 is 0 Å². The molecule has 66 valence electrons. The summed E-state index contributed by atoms with van der Waals surface area (Å²) in [6, 6.07) is 1.11. The number of aryl methyl sites for hydroxylation is 1. The normalized spacial score (nSPS) is 17.5. The second-order valence-electron chi connectivity index (χ2n) is 3.03. The van der Waals surface area contributed by atoms with Crippen LogP contribution in [0.5, 0.6) is 0 Å². The van der Waals surface area contributed by atoms with Crippen LogP contribution in [0, 0.1) is 6.92 Å². The van der Waals surface area contributed by atoms with Crippen molar-refractivity contribution in [1.82, 2.24) is 15.5 Å². The number of hydrogen-bond donors (Lipinski definition) is 1. The van der Waals surface area contributed by atoms with Gasteiger partial charge in [0.25, 0.3) is 0 Å². The van der Waals surface area contributed by atoms with Crippen LogP contribution < -0.4 is 10.2 Å². The Labute approximate surface area is 70.8 Å². The standard InChI is InChI=1S/C7H12N4O/c1-5-9-10-7(12-5)11(2)6-3-8-4-6/h6,8H,3-4H2,1-2H3. The molecule has 0 radical (unpaired) electrons. The molecule has 5 heteroatoms. The topological polar surface area (TPSA) is 54.2 Å². The molecule has 1 saturated heterocycles. The van der Waals surface area contributed by atoms with Crippen LogP contribution in [0.25, 0.3) is 0 Å². The number of likely N-dealkylation sites (N-methyl/N-ethyl adjacent to an activating group) is 1.